The molecule has 2 heterocycles. The third kappa shape index (κ3) is 1.06. The van der Waals surface area contributed by atoms with Crippen molar-refractivity contribution in [1.82, 2.24) is 15.2 Å². The second kappa shape index (κ2) is 3.23. The zero-order valence-electron chi connectivity index (χ0n) is 9.62. The fraction of sp³-hybridized carbons (Fsp3) is 0.143. The minimum atomic E-state index is 0.740. The zero-order chi connectivity index (χ0) is 12.1. The Hall–Kier alpha value is -2.54. The van der Waals surface area contributed by atoms with E-state index in [1.54, 1.807) is 0 Å². The molecule has 0 radical (unpaired) electrons. The standard InChI is InChI=1S/C14H10N4/c15-6-8-2-1-3-11-12(8)10-5-4-9-7-16-18-13(9)14(10)17-11/h1-3,7,17H,4-5H2,(H,16,18). The highest BCUT2D eigenvalue weighted by molar-refractivity contribution is 5.95. The molecule has 1 aliphatic rings. The van der Waals surface area contributed by atoms with Crippen LogP contribution in [0.2, 0.25) is 0 Å². The van der Waals surface area contributed by atoms with Crippen molar-refractivity contribution in [3.05, 3.63) is 41.1 Å². The molecule has 0 amide bonds. The molecule has 86 valence electrons. The molecule has 4 nitrogen and oxygen atoms in total. The molecule has 18 heavy (non-hydrogen) atoms. The molecule has 0 spiro atoms. The summed E-state index contributed by atoms with van der Waals surface area (Å²) in [6, 6.07) is 8.07. The van der Waals surface area contributed by atoms with Crippen LogP contribution in [0, 0.1) is 11.3 Å². The summed E-state index contributed by atoms with van der Waals surface area (Å²) in [7, 11) is 0. The Labute approximate surface area is 103 Å². The quantitative estimate of drug-likeness (QED) is 0.627. The Morgan fingerprint density at radius 3 is 3.11 bits per heavy atom. The van der Waals surface area contributed by atoms with Gasteiger partial charge in [-0.1, -0.05) is 6.07 Å². The van der Waals surface area contributed by atoms with Crippen LogP contribution >= 0.6 is 0 Å². The van der Waals surface area contributed by atoms with E-state index < -0.39 is 0 Å². The average molecular weight is 234 g/mol. The molecule has 0 bridgehead atoms. The Morgan fingerprint density at radius 2 is 2.22 bits per heavy atom. The Balaban J connectivity index is 2.14. The summed E-state index contributed by atoms with van der Waals surface area (Å²) in [5.74, 6) is 0. The summed E-state index contributed by atoms with van der Waals surface area (Å²) in [5.41, 5.74) is 6.29. The smallest absolute Gasteiger partial charge is 0.112 e. The molecule has 4 heteroatoms. The first-order chi connectivity index (χ1) is 8.88. The summed E-state index contributed by atoms with van der Waals surface area (Å²) in [4.78, 5) is 3.40. The van der Waals surface area contributed by atoms with E-state index in [0.717, 1.165) is 40.7 Å². The van der Waals surface area contributed by atoms with Crippen LogP contribution < -0.4 is 0 Å². The lowest BCUT2D eigenvalue weighted by Crippen LogP contribution is -2.01. The van der Waals surface area contributed by atoms with Gasteiger partial charge in [-0.25, -0.2) is 0 Å². The number of aromatic amines is 2. The number of fused-ring (bicyclic) bond motifs is 5. The molecule has 3 aromatic rings. The lowest BCUT2D eigenvalue weighted by Gasteiger charge is -2.10. The van der Waals surface area contributed by atoms with Crippen molar-refractivity contribution in [2.75, 3.05) is 0 Å². The lowest BCUT2D eigenvalue weighted by molar-refractivity contribution is 0.947. The Bertz CT molecular complexity index is 801. The summed E-state index contributed by atoms with van der Waals surface area (Å²) in [6.45, 7) is 0. The maximum absolute atomic E-state index is 9.23. The summed E-state index contributed by atoms with van der Waals surface area (Å²) >= 11 is 0. The number of nitrogens with one attached hydrogen (secondary N) is 2. The first-order valence-corrected chi connectivity index (χ1v) is 5.95. The number of benzene rings is 1. The van der Waals surface area contributed by atoms with Gasteiger partial charge in [-0.3, -0.25) is 5.10 Å². The molecule has 2 aromatic heterocycles. The molecule has 0 unspecified atom stereocenters. The number of nitrogens with zero attached hydrogens (tertiary/aromatic N) is 2. The predicted octanol–water partition coefficient (Wildman–Crippen LogP) is 2.53. The predicted molar refractivity (Wildman–Crippen MR) is 68.0 cm³/mol. The van der Waals surface area contributed by atoms with Crippen molar-refractivity contribution in [3.8, 4) is 17.5 Å². The van der Waals surface area contributed by atoms with Crippen LogP contribution in [0.5, 0.6) is 0 Å². The third-order valence-corrected chi connectivity index (χ3v) is 3.65. The van der Waals surface area contributed by atoms with Crippen molar-refractivity contribution < 1.29 is 0 Å². The molecule has 0 fully saturated rings. The molecule has 0 atom stereocenters. The highest BCUT2D eigenvalue weighted by atomic mass is 15.1. The maximum Gasteiger partial charge on any atom is 0.112 e. The largest absolute Gasteiger partial charge is 0.353 e. The second-order valence-corrected chi connectivity index (χ2v) is 4.58. The SMILES string of the molecule is N#Cc1cccc2[nH]c3c(c12)CCc1c[nH]nc1-3. The average Bonchev–Trinajstić information content (AvgIpc) is 3.01. The maximum atomic E-state index is 9.23. The molecule has 2 N–H and O–H groups in total. The first-order valence-electron chi connectivity index (χ1n) is 5.95. The molecule has 1 aromatic carbocycles. The summed E-state index contributed by atoms with van der Waals surface area (Å²) < 4.78 is 0. The third-order valence-electron chi connectivity index (χ3n) is 3.65. The second-order valence-electron chi connectivity index (χ2n) is 4.58. The van der Waals surface area contributed by atoms with E-state index in [-0.39, 0.29) is 0 Å². The van der Waals surface area contributed by atoms with E-state index in [1.165, 1.54) is 11.1 Å². The Morgan fingerprint density at radius 1 is 1.28 bits per heavy atom. The first kappa shape index (κ1) is 9.49. The van der Waals surface area contributed by atoms with Gasteiger partial charge in [0.05, 0.1) is 17.3 Å². The van der Waals surface area contributed by atoms with Crippen molar-refractivity contribution in [2.45, 2.75) is 12.8 Å². The van der Waals surface area contributed by atoms with Gasteiger partial charge < -0.3 is 4.98 Å². The van der Waals surface area contributed by atoms with E-state index in [9.17, 15) is 5.26 Å². The molecule has 0 saturated heterocycles. The van der Waals surface area contributed by atoms with E-state index in [0.29, 0.717) is 0 Å². The van der Waals surface area contributed by atoms with Crippen molar-refractivity contribution >= 4 is 10.9 Å². The monoisotopic (exact) mass is 234 g/mol. The molecule has 1 aliphatic carbocycles. The van der Waals surface area contributed by atoms with Crippen LogP contribution in [0.3, 0.4) is 0 Å². The van der Waals surface area contributed by atoms with Gasteiger partial charge in [0, 0.05) is 17.1 Å². The summed E-state index contributed by atoms with van der Waals surface area (Å²) in [5, 5.41) is 17.5. The highest BCUT2D eigenvalue weighted by Crippen LogP contribution is 2.37. The van der Waals surface area contributed by atoms with Gasteiger partial charge in [0.1, 0.15) is 5.69 Å². The number of nitriles is 1. The van der Waals surface area contributed by atoms with Crippen molar-refractivity contribution in [2.24, 2.45) is 0 Å². The van der Waals surface area contributed by atoms with E-state index in [2.05, 4.69) is 21.3 Å². The topological polar surface area (TPSA) is 68.3 Å². The number of aryl methyl sites for hydroxylation is 2. The van der Waals surface area contributed by atoms with Crippen LogP contribution in [0.15, 0.2) is 24.4 Å². The fourth-order valence-corrected chi connectivity index (χ4v) is 2.84. The summed E-state index contributed by atoms with van der Waals surface area (Å²) in [6.07, 6.45) is 3.89. The number of hydrogen-bond acceptors (Lipinski definition) is 2. The van der Waals surface area contributed by atoms with Crippen LogP contribution in [0.4, 0.5) is 0 Å². The number of aromatic nitrogens is 3. The Kier molecular flexibility index (Phi) is 1.70. The van der Waals surface area contributed by atoms with Gasteiger partial charge in [0.25, 0.3) is 0 Å². The minimum absolute atomic E-state index is 0.740. The van der Waals surface area contributed by atoms with Crippen LogP contribution in [0.25, 0.3) is 22.3 Å². The van der Waals surface area contributed by atoms with Gasteiger partial charge >= 0.3 is 0 Å². The van der Waals surface area contributed by atoms with Gasteiger partial charge in [0.2, 0.25) is 0 Å². The van der Waals surface area contributed by atoms with Crippen molar-refractivity contribution in [1.29, 1.82) is 5.26 Å². The number of hydrogen-bond donors (Lipinski definition) is 2. The van der Waals surface area contributed by atoms with Gasteiger partial charge in [0.15, 0.2) is 0 Å². The van der Waals surface area contributed by atoms with Crippen LogP contribution in [0.1, 0.15) is 16.7 Å². The van der Waals surface area contributed by atoms with E-state index in [1.807, 2.05) is 24.4 Å². The number of rotatable bonds is 0. The molecule has 0 saturated carbocycles. The molecule has 0 aliphatic heterocycles. The van der Waals surface area contributed by atoms with Gasteiger partial charge in [-0.15, -0.1) is 0 Å². The highest BCUT2D eigenvalue weighted by Gasteiger charge is 2.23. The van der Waals surface area contributed by atoms with Crippen LogP contribution in [-0.4, -0.2) is 15.2 Å². The normalized spacial score (nSPS) is 13.1. The molecular weight excluding hydrogens is 224 g/mol. The van der Waals surface area contributed by atoms with Gasteiger partial charge in [-0.2, -0.15) is 10.4 Å². The van der Waals surface area contributed by atoms with E-state index >= 15 is 0 Å². The molecule has 4 rings (SSSR count). The minimum Gasteiger partial charge on any atom is -0.353 e. The van der Waals surface area contributed by atoms with Crippen molar-refractivity contribution in [3.63, 3.8) is 0 Å². The van der Waals surface area contributed by atoms with Crippen LogP contribution in [-0.2, 0) is 12.8 Å². The fourth-order valence-electron chi connectivity index (χ4n) is 2.84. The zero-order valence-corrected chi connectivity index (χ0v) is 9.62. The molecular formula is C14H10N4. The van der Waals surface area contributed by atoms with Gasteiger partial charge in [-0.05, 0) is 36.1 Å². The number of H-pyrrole nitrogens is 2. The van der Waals surface area contributed by atoms with E-state index in [4.69, 9.17) is 0 Å². The lowest BCUT2D eigenvalue weighted by atomic mass is 9.93.